The van der Waals surface area contributed by atoms with Gasteiger partial charge in [-0.15, -0.1) is 24.8 Å². The Labute approximate surface area is 105 Å². The summed E-state index contributed by atoms with van der Waals surface area (Å²) in [4.78, 5) is 10.3. The van der Waals surface area contributed by atoms with Crippen LogP contribution >= 0.6 is 63.3 Å². The maximum absolute atomic E-state index is 10.3. The van der Waals surface area contributed by atoms with Crippen molar-refractivity contribution in [3.05, 3.63) is 31.8 Å². The van der Waals surface area contributed by atoms with Crippen molar-refractivity contribution in [3.63, 3.8) is 0 Å². The summed E-state index contributed by atoms with van der Waals surface area (Å²) in [5.74, 6) is 0. The van der Waals surface area contributed by atoms with Crippen molar-refractivity contribution in [1.29, 1.82) is 0 Å². The molecule has 1 nitrogen and oxygen atoms in total. The van der Waals surface area contributed by atoms with E-state index in [0.717, 1.165) is 14.3 Å². The molecule has 0 unspecified atom stereocenters. The molecule has 0 aliphatic heterocycles. The highest BCUT2D eigenvalue weighted by molar-refractivity contribution is 14.1. The van der Waals surface area contributed by atoms with Gasteiger partial charge in [0.05, 0.1) is 0 Å². The first-order valence-electron chi connectivity index (χ1n) is 2.63. The normalized spacial score (nSPS) is 7.83. The fourth-order valence-electron chi connectivity index (χ4n) is 0.643. The molecule has 5 heteroatoms. The Balaban J connectivity index is 0. The van der Waals surface area contributed by atoms with Gasteiger partial charge in [-0.2, -0.15) is 0 Å². The lowest BCUT2D eigenvalue weighted by atomic mass is 10.2. The molecule has 0 heterocycles. The van der Waals surface area contributed by atoms with Gasteiger partial charge in [0.1, 0.15) is 6.29 Å². The van der Waals surface area contributed by atoms with Gasteiger partial charge in [0, 0.05) is 13.6 Å². The Morgan fingerprint density at radius 1 is 1.25 bits per heavy atom. The van der Waals surface area contributed by atoms with E-state index in [1.54, 1.807) is 6.07 Å². The molecule has 0 spiro atoms. The SMILES string of the molecule is Cl.Cl.O=Cc1cc(Br)cc(I)c1. The third-order valence-corrected chi connectivity index (χ3v) is 2.10. The molecular formula is C7H6BrCl2IO. The molecular weight excluding hydrogens is 378 g/mol. The average Bonchev–Trinajstić information content (AvgIpc) is 1.85. The van der Waals surface area contributed by atoms with E-state index < -0.39 is 0 Å². The van der Waals surface area contributed by atoms with Gasteiger partial charge in [-0.1, -0.05) is 15.9 Å². The lowest BCUT2D eigenvalue weighted by Crippen LogP contribution is -1.80. The summed E-state index contributed by atoms with van der Waals surface area (Å²) in [7, 11) is 0. The monoisotopic (exact) mass is 382 g/mol. The van der Waals surface area contributed by atoms with Gasteiger partial charge in [0.25, 0.3) is 0 Å². The van der Waals surface area contributed by atoms with Gasteiger partial charge in [0.15, 0.2) is 0 Å². The number of halogens is 4. The van der Waals surface area contributed by atoms with Crippen molar-refractivity contribution < 1.29 is 4.79 Å². The molecule has 1 aromatic carbocycles. The van der Waals surface area contributed by atoms with Crippen LogP contribution in [0.2, 0.25) is 0 Å². The van der Waals surface area contributed by atoms with E-state index in [0.29, 0.717) is 5.56 Å². The minimum absolute atomic E-state index is 0. The van der Waals surface area contributed by atoms with Crippen molar-refractivity contribution >= 4 is 69.6 Å². The highest BCUT2D eigenvalue weighted by atomic mass is 127. The predicted octanol–water partition coefficient (Wildman–Crippen LogP) is 3.71. The van der Waals surface area contributed by atoms with E-state index in [1.807, 2.05) is 12.1 Å². The lowest BCUT2D eigenvalue weighted by Gasteiger charge is -1.93. The van der Waals surface area contributed by atoms with Gasteiger partial charge < -0.3 is 0 Å². The van der Waals surface area contributed by atoms with E-state index in [2.05, 4.69) is 38.5 Å². The second kappa shape index (κ2) is 7.12. The quantitative estimate of drug-likeness (QED) is 0.533. The first-order valence-corrected chi connectivity index (χ1v) is 4.51. The zero-order valence-corrected chi connectivity index (χ0v) is 11.2. The Morgan fingerprint density at radius 3 is 2.25 bits per heavy atom. The number of benzene rings is 1. The van der Waals surface area contributed by atoms with E-state index in [9.17, 15) is 4.79 Å². The number of carbonyl (C=O) groups excluding carboxylic acids is 1. The number of rotatable bonds is 1. The fraction of sp³-hybridized carbons (Fsp3) is 0. The van der Waals surface area contributed by atoms with Gasteiger partial charge in [0.2, 0.25) is 0 Å². The molecule has 0 aliphatic rings. The Bertz CT molecular complexity index is 247. The number of aldehydes is 1. The number of hydrogen-bond acceptors (Lipinski definition) is 1. The third kappa shape index (κ3) is 4.64. The third-order valence-electron chi connectivity index (χ3n) is 1.02. The highest BCUT2D eigenvalue weighted by Crippen LogP contribution is 2.15. The van der Waals surface area contributed by atoms with Crippen LogP contribution in [-0.4, -0.2) is 6.29 Å². The topological polar surface area (TPSA) is 17.1 Å². The van der Waals surface area contributed by atoms with Gasteiger partial charge in [-0.25, -0.2) is 0 Å². The Morgan fingerprint density at radius 2 is 1.83 bits per heavy atom. The maximum atomic E-state index is 10.3. The zero-order valence-electron chi connectivity index (χ0n) is 5.79. The summed E-state index contributed by atoms with van der Waals surface area (Å²) in [5.41, 5.74) is 0.707. The molecule has 0 saturated heterocycles. The number of hydrogen-bond donors (Lipinski definition) is 0. The molecule has 12 heavy (non-hydrogen) atoms. The molecule has 1 aromatic rings. The van der Waals surface area contributed by atoms with E-state index in [-0.39, 0.29) is 24.8 Å². The Kier molecular flexibility index (Phi) is 9.00. The van der Waals surface area contributed by atoms with Crippen LogP contribution in [-0.2, 0) is 0 Å². The molecule has 0 amide bonds. The first kappa shape index (κ1) is 15.2. The predicted molar refractivity (Wildman–Crippen MR) is 66.7 cm³/mol. The van der Waals surface area contributed by atoms with E-state index >= 15 is 0 Å². The maximum Gasteiger partial charge on any atom is 0.150 e. The molecule has 1 rings (SSSR count). The molecule has 0 radical (unpaired) electrons. The molecule has 0 aliphatic carbocycles. The standard InChI is InChI=1S/C7H4BrIO.2ClH/c8-6-1-5(4-10)2-7(9)3-6;;/h1-4H;2*1H. The fourth-order valence-corrected chi connectivity index (χ4v) is 2.28. The van der Waals surface area contributed by atoms with Crippen molar-refractivity contribution in [1.82, 2.24) is 0 Å². The van der Waals surface area contributed by atoms with Crippen molar-refractivity contribution in [3.8, 4) is 0 Å². The Hall–Kier alpha value is 0.680. The van der Waals surface area contributed by atoms with Crippen molar-refractivity contribution in [2.45, 2.75) is 0 Å². The van der Waals surface area contributed by atoms with Crippen LogP contribution in [0.4, 0.5) is 0 Å². The summed E-state index contributed by atoms with van der Waals surface area (Å²) >= 11 is 5.46. The molecule has 68 valence electrons. The van der Waals surface area contributed by atoms with E-state index in [1.165, 1.54) is 0 Å². The van der Waals surface area contributed by atoms with Gasteiger partial charge >= 0.3 is 0 Å². The average molecular weight is 384 g/mol. The van der Waals surface area contributed by atoms with Crippen molar-refractivity contribution in [2.24, 2.45) is 0 Å². The van der Waals surface area contributed by atoms with Crippen LogP contribution in [0.15, 0.2) is 22.7 Å². The molecule has 0 fully saturated rings. The second-order valence-corrected chi connectivity index (χ2v) is 3.98. The zero-order chi connectivity index (χ0) is 7.56. The summed E-state index contributed by atoms with van der Waals surface area (Å²) in [6.07, 6.45) is 0.840. The molecule has 0 bridgehead atoms. The van der Waals surface area contributed by atoms with Crippen LogP contribution < -0.4 is 0 Å². The number of carbonyl (C=O) groups is 1. The highest BCUT2D eigenvalue weighted by Gasteiger charge is 1.93. The van der Waals surface area contributed by atoms with Crippen LogP contribution in [0.1, 0.15) is 10.4 Å². The molecule has 0 atom stereocenters. The van der Waals surface area contributed by atoms with Gasteiger partial charge in [-0.3, -0.25) is 4.79 Å². The summed E-state index contributed by atoms with van der Waals surface area (Å²) in [5, 5.41) is 0. The molecule has 0 saturated carbocycles. The smallest absolute Gasteiger partial charge is 0.150 e. The lowest BCUT2D eigenvalue weighted by molar-refractivity contribution is 0.112. The van der Waals surface area contributed by atoms with Crippen LogP contribution in [0.3, 0.4) is 0 Å². The summed E-state index contributed by atoms with van der Waals surface area (Å²) in [6.45, 7) is 0. The molecule has 0 aromatic heterocycles. The van der Waals surface area contributed by atoms with Crippen LogP contribution in [0.5, 0.6) is 0 Å². The van der Waals surface area contributed by atoms with Gasteiger partial charge in [-0.05, 0) is 40.8 Å². The van der Waals surface area contributed by atoms with Crippen LogP contribution in [0, 0.1) is 3.57 Å². The van der Waals surface area contributed by atoms with E-state index in [4.69, 9.17) is 0 Å². The minimum atomic E-state index is 0. The van der Waals surface area contributed by atoms with Crippen molar-refractivity contribution in [2.75, 3.05) is 0 Å². The largest absolute Gasteiger partial charge is 0.298 e. The minimum Gasteiger partial charge on any atom is -0.298 e. The summed E-state index contributed by atoms with van der Waals surface area (Å²) < 4.78 is 2.01. The first-order chi connectivity index (χ1) is 4.72. The summed E-state index contributed by atoms with van der Waals surface area (Å²) in [6, 6.07) is 5.57. The van der Waals surface area contributed by atoms with Crippen LogP contribution in [0.25, 0.3) is 0 Å². The molecule has 0 N–H and O–H groups in total. The second-order valence-electron chi connectivity index (χ2n) is 1.82.